The number of hydrogen-bond donors (Lipinski definition) is 1. The van der Waals surface area contributed by atoms with Crippen molar-refractivity contribution in [1.82, 2.24) is 10.3 Å². The highest BCUT2D eigenvalue weighted by Gasteiger charge is 2.10. The van der Waals surface area contributed by atoms with Crippen molar-refractivity contribution in [2.45, 2.75) is 46.4 Å². The van der Waals surface area contributed by atoms with Gasteiger partial charge in [-0.2, -0.15) is 0 Å². The molecular formula is C18H23FN2O. The molecule has 3 nitrogen and oxygen atoms in total. The number of aryl methyl sites for hydroxylation is 1. The van der Waals surface area contributed by atoms with Crippen LogP contribution >= 0.6 is 0 Å². The molecule has 0 aliphatic rings. The van der Waals surface area contributed by atoms with Crippen LogP contribution in [0.1, 0.15) is 43.5 Å². The van der Waals surface area contributed by atoms with Gasteiger partial charge in [-0.25, -0.2) is 4.39 Å². The molecule has 0 amide bonds. The lowest BCUT2D eigenvalue weighted by molar-refractivity contribution is 0.239. The van der Waals surface area contributed by atoms with Crippen LogP contribution in [0.4, 0.5) is 4.39 Å². The summed E-state index contributed by atoms with van der Waals surface area (Å²) < 4.78 is 19.1. The van der Waals surface area contributed by atoms with E-state index in [1.165, 1.54) is 17.8 Å². The number of pyridine rings is 1. The lowest BCUT2D eigenvalue weighted by Crippen LogP contribution is -2.19. The fourth-order valence-electron chi connectivity index (χ4n) is 2.22. The highest BCUT2D eigenvalue weighted by atomic mass is 19.1. The molecule has 0 aliphatic heterocycles. The Morgan fingerprint density at radius 1 is 1.18 bits per heavy atom. The second-order valence-corrected chi connectivity index (χ2v) is 5.82. The van der Waals surface area contributed by atoms with Gasteiger partial charge in [0.05, 0.1) is 12.3 Å². The molecule has 1 N–H and O–H groups in total. The molecule has 2 aromatic rings. The summed E-state index contributed by atoms with van der Waals surface area (Å²) in [6.45, 7) is 8.72. The molecule has 0 aliphatic carbocycles. The van der Waals surface area contributed by atoms with Crippen LogP contribution in [0.5, 0.6) is 5.75 Å². The Kier molecular flexibility index (Phi) is 5.50. The maximum Gasteiger partial charge on any atom is 0.141 e. The molecule has 0 bridgehead atoms. The molecule has 1 atom stereocenters. The van der Waals surface area contributed by atoms with E-state index in [-0.39, 0.29) is 18.0 Å². The average Bonchev–Trinajstić information content (AvgIpc) is 2.45. The molecule has 0 spiro atoms. The van der Waals surface area contributed by atoms with Gasteiger partial charge in [0.25, 0.3) is 0 Å². The second-order valence-electron chi connectivity index (χ2n) is 5.82. The van der Waals surface area contributed by atoms with Gasteiger partial charge in [-0.05, 0) is 51.0 Å². The minimum Gasteiger partial charge on any atom is -0.491 e. The van der Waals surface area contributed by atoms with E-state index < -0.39 is 0 Å². The number of rotatable bonds is 6. The van der Waals surface area contributed by atoms with Crippen LogP contribution < -0.4 is 10.1 Å². The van der Waals surface area contributed by atoms with Crippen molar-refractivity contribution >= 4 is 0 Å². The maximum atomic E-state index is 13.2. The van der Waals surface area contributed by atoms with Crippen LogP contribution in [0.2, 0.25) is 0 Å². The van der Waals surface area contributed by atoms with Gasteiger partial charge in [-0.15, -0.1) is 0 Å². The Morgan fingerprint density at radius 2 is 1.95 bits per heavy atom. The highest BCUT2D eigenvalue weighted by Crippen LogP contribution is 2.23. The Hall–Kier alpha value is -1.94. The van der Waals surface area contributed by atoms with E-state index in [1.54, 1.807) is 6.20 Å². The molecule has 2 rings (SSSR count). The number of benzene rings is 1. The number of hydrogen-bond acceptors (Lipinski definition) is 3. The fourth-order valence-corrected chi connectivity index (χ4v) is 2.22. The van der Waals surface area contributed by atoms with E-state index in [0.29, 0.717) is 6.54 Å². The molecule has 0 unspecified atom stereocenters. The van der Waals surface area contributed by atoms with Crippen LogP contribution in [0.3, 0.4) is 0 Å². The number of aromatic nitrogens is 1. The highest BCUT2D eigenvalue weighted by molar-refractivity contribution is 5.37. The van der Waals surface area contributed by atoms with Crippen LogP contribution in [0.15, 0.2) is 36.7 Å². The van der Waals surface area contributed by atoms with E-state index in [1.807, 2.05) is 33.8 Å². The topological polar surface area (TPSA) is 34.2 Å². The Balaban J connectivity index is 2.07. The largest absolute Gasteiger partial charge is 0.491 e. The van der Waals surface area contributed by atoms with Gasteiger partial charge in [-0.3, -0.25) is 4.98 Å². The Morgan fingerprint density at radius 3 is 2.64 bits per heavy atom. The quantitative estimate of drug-likeness (QED) is 0.869. The smallest absolute Gasteiger partial charge is 0.141 e. The van der Waals surface area contributed by atoms with Gasteiger partial charge in [0.15, 0.2) is 0 Å². The van der Waals surface area contributed by atoms with Crippen molar-refractivity contribution in [1.29, 1.82) is 0 Å². The molecular weight excluding hydrogens is 279 g/mol. The first-order valence-corrected chi connectivity index (χ1v) is 7.55. The number of nitrogens with zero attached hydrogens (tertiary/aromatic N) is 1. The van der Waals surface area contributed by atoms with Crippen molar-refractivity contribution in [3.05, 3.63) is 59.2 Å². The second kappa shape index (κ2) is 7.36. The van der Waals surface area contributed by atoms with Crippen molar-refractivity contribution in [3.63, 3.8) is 0 Å². The summed E-state index contributed by atoms with van der Waals surface area (Å²) in [4.78, 5) is 3.89. The van der Waals surface area contributed by atoms with Crippen LogP contribution in [0.25, 0.3) is 0 Å². The minimum absolute atomic E-state index is 0.0106. The van der Waals surface area contributed by atoms with E-state index in [2.05, 4.69) is 22.4 Å². The van der Waals surface area contributed by atoms with Gasteiger partial charge in [0.2, 0.25) is 0 Å². The first-order valence-electron chi connectivity index (χ1n) is 7.55. The summed E-state index contributed by atoms with van der Waals surface area (Å²) in [7, 11) is 0. The van der Waals surface area contributed by atoms with Crippen LogP contribution in [0, 0.1) is 12.7 Å². The predicted octanol–water partition coefficient (Wildman–Crippen LogP) is 4.17. The molecule has 1 aromatic heterocycles. The first kappa shape index (κ1) is 16.4. The van der Waals surface area contributed by atoms with Crippen LogP contribution in [-0.4, -0.2) is 11.1 Å². The molecule has 4 heteroatoms. The summed E-state index contributed by atoms with van der Waals surface area (Å²) in [6, 6.07) is 7.70. The van der Waals surface area contributed by atoms with E-state index in [0.717, 1.165) is 16.9 Å². The zero-order valence-electron chi connectivity index (χ0n) is 13.6. The van der Waals surface area contributed by atoms with Gasteiger partial charge in [0.1, 0.15) is 11.6 Å². The van der Waals surface area contributed by atoms with Crippen molar-refractivity contribution in [2.75, 3.05) is 0 Å². The first-order chi connectivity index (χ1) is 10.5. The lowest BCUT2D eigenvalue weighted by Gasteiger charge is -2.18. The predicted molar refractivity (Wildman–Crippen MR) is 86.4 cm³/mol. The maximum absolute atomic E-state index is 13.2. The molecule has 0 fully saturated rings. The van der Waals surface area contributed by atoms with Crippen molar-refractivity contribution in [2.24, 2.45) is 0 Å². The van der Waals surface area contributed by atoms with Crippen LogP contribution in [-0.2, 0) is 6.54 Å². The Bertz CT molecular complexity index is 628. The third-order valence-electron chi connectivity index (χ3n) is 3.41. The number of nitrogens with one attached hydrogen (secondary N) is 1. The monoisotopic (exact) mass is 302 g/mol. The van der Waals surface area contributed by atoms with E-state index >= 15 is 0 Å². The summed E-state index contributed by atoms with van der Waals surface area (Å²) in [6.07, 6.45) is 3.03. The van der Waals surface area contributed by atoms with Gasteiger partial charge in [-0.1, -0.05) is 12.1 Å². The van der Waals surface area contributed by atoms with Gasteiger partial charge in [0, 0.05) is 24.3 Å². The molecule has 1 aromatic carbocycles. The Labute approximate surface area is 131 Å². The van der Waals surface area contributed by atoms with Crippen molar-refractivity contribution < 1.29 is 9.13 Å². The SMILES string of the molecule is Cc1ccc(CN[C@H](C)c2cncc(F)c2)c(OC(C)C)c1. The molecule has 0 radical (unpaired) electrons. The third-order valence-corrected chi connectivity index (χ3v) is 3.41. The number of halogens is 1. The third kappa shape index (κ3) is 4.53. The zero-order valence-corrected chi connectivity index (χ0v) is 13.6. The fraction of sp³-hybridized carbons (Fsp3) is 0.389. The summed E-state index contributed by atoms with van der Waals surface area (Å²) in [5.41, 5.74) is 3.09. The minimum atomic E-state index is -0.315. The average molecular weight is 302 g/mol. The summed E-state index contributed by atoms with van der Waals surface area (Å²) in [5, 5.41) is 3.39. The molecule has 22 heavy (non-hydrogen) atoms. The summed E-state index contributed by atoms with van der Waals surface area (Å²) in [5.74, 6) is 0.581. The lowest BCUT2D eigenvalue weighted by atomic mass is 10.1. The van der Waals surface area contributed by atoms with E-state index in [4.69, 9.17) is 4.74 Å². The molecule has 0 saturated heterocycles. The van der Waals surface area contributed by atoms with E-state index in [9.17, 15) is 4.39 Å². The number of ether oxygens (including phenoxy) is 1. The normalized spacial score (nSPS) is 12.5. The summed E-state index contributed by atoms with van der Waals surface area (Å²) >= 11 is 0. The van der Waals surface area contributed by atoms with Gasteiger partial charge >= 0.3 is 0 Å². The molecule has 1 heterocycles. The zero-order chi connectivity index (χ0) is 16.1. The van der Waals surface area contributed by atoms with Crippen molar-refractivity contribution in [3.8, 4) is 5.75 Å². The molecule has 118 valence electrons. The standard InChI is InChI=1S/C18H23FN2O/c1-12(2)22-18-7-13(3)5-6-15(18)10-21-14(4)16-8-17(19)11-20-9-16/h5-9,11-12,14,21H,10H2,1-4H3/t14-/m1/s1. The van der Waals surface area contributed by atoms with Gasteiger partial charge < -0.3 is 10.1 Å². The molecule has 0 saturated carbocycles.